The zero-order valence-electron chi connectivity index (χ0n) is 17.4. The van der Waals surface area contributed by atoms with Crippen LogP contribution in [0.15, 0.2) is 23.1 Å². The maximum Gasteiger partial charge on any atom is 0.241 e. The number of hydrogen-bond donors (Lipinski definition) is 3. The molecule has 3 rings (SSSR count). The maximum atomic E-state index is 12.6. The van der Waals surface area contributed by atoms with Crippen molar-refractivity contribution in [1.29, 1.82) is 0 Å². The van der Waals surface area contributed by atoms with Crippen molar-refractivity contribution in [3.63, 3.8) is 0 Å². The number of carbonyl (C=O) groups is 3. The third kappa shape index (κ3) is 4.49. The van der Waals surface area contributed by atoms with E-state index < -0.39 is 27.9 Å². The number of carbonyl (C=O) groups excluding carboxylic acids is 3. The number of nitrogens with zero attached hydrogens (tertiary/aromatic N) is 1. The summed E-state index contributed by atoms with van der Waals surface area (Å²) in [6, 6.07) is 4.61. The number of likely N-dealkylation sites (N-methyl/N-ethyl adjacent to an activating group) is 1. The Labute approximate surface area is 176 Å². The summed E-state index contributed by atoms with van der Waals surface area (Å²) in [4.78, 5) is 37.7. The summed E-state index contributed by atoms with van der Waals surface area (Å²) in [7, 11) is -2.31. The first kappa shape index (κ1) is 22.2. The molecule has 9 nitrogen and oxygen atoms in total. The Balaban J connectivity index is 1.57. The quantitative estimate of drug-likeness (QED) is 0.570. The number of hydrogen-bond acceptors (Lipinski definition) is 5. The van der Waals surface area contributed by atoms with Gasteiger partial charge in [0.1, 0.15) is 0 Å². The summed E-state index contributed by atoms with van der Waals surface area (Å²) in [5, 5.41) is 5.26. The zero-order chi connectivity index (χ0) is 22.1. The van der Waals surface area contributed by atoms with Gasteiger partial charge in [0, 0.05) is 18.8 Å². The second-order valence-electron chi connectivity index (χ2n) is 8.32. The molecule has 1 aliphatic heterocycles. The van der Waals surface area contributed by atoms with E-state index in [2.05, 4.69) is 15.4 Å². The van der Waals surface area contributed by atoms with E-state index in [1.807, 2.05) is 0 Å². The largest absolute Gasteiger partial charge is 0.352 e. The molecule has 1 aliphatic carbocycles. The smallest absolute Gasteiger partial charge is 0.241 e. The number of benzene rings is 1. The lowest BCUT2D eigenvalue weighted by Gasteiger charge is -2.16. The first-order chi connectivity index (χ1) is 14.0. The summed E-state index contributed by atoms with van der Waals surface area (Å²) in [6.45, 7) is 2.80. The molecule has 0 radical (unpaired) electrons. The Morgan fingerprint density at radius 1 is 1.13 bits per heavy atom. The first-order valence-electron chi connectivity index (χ1n) is 10.0. The Kier molecular flexibility index (Phi) is 6.19. The summed E-state index contributed by atoms with van der Waals surface area (Å²) >= 11 is 0. The van der Waals surface area contributed by atoms with Gasteiger partial charge in [-0.3, -0.25) is 14.4 Å². The molecule has 0 aromatic heterocycles. The molecule has 0 atom stereocenters. The standard InChI is InChI=1S/C20H28N4O5S/c1-20(2)15-10-14(8-9-16(15)24(3)19(20)27)30(28,29)22-12-17(25)21-11-18(26)23-13-6-4-5-7-13/h8-10,13,22H,4-7,11-12H2,1-3H3,(H,21,25)(H,23,26). The Hall–Kier alpha value is -2.46. The third-order valence-electron chi connectivity index (χ3n) is 5.74. The molecule has 10 heteroatoms. The Morgan fingerprint density at radius 3 is 2.47 bits per heavy atom. The average Bonchev–Trinajstić information content (AvgIpc) is 3.27. The Morgan fingerprint density at radius 2 is 1.80 bits per heavy atom. The Bertz CT molecular complexity index is 967. The van der Waals surface area contributed by atoms with E-state index in [4.69, 9.17) is 0 Å². The zero-order valence-corrected chi connectivity index (χ0v) is 18.3. The molecule has 3 amide bonds. The number of nitrogens with one attached hydrogen (secondary N) is 3. The molecule has 2 aliphatic rings. The van der Waals surface area contributed by atoms with E-state index in [-0.39, 0.29) is 29.3 Å². The molecule has 0 bridgehead atoms. The molecule has 1 fully saturated rings. The SMILES string of the molecule is CN1C(=O)C(C)(C)c2cc(S(=O)(=O)NCC(=O)NCC(=O)NC3CCCC3)ccc21. The molecule has 0 unspecified atom stereocenters. The molecule has 0 spiro atoms. The fourth-order valence-corrected chi connectivity index (χ4v) is 4.96. The van der Waals surface area contributed by atoms with Crippen LogP contribution in [0.3, 0.4) is 0 Å². The number of amides is 3. The fraction of sp³-hybridized carbons (Fsp3) is 0.550. The van der Waals surface area contributed by atoms with Crippen LogP contribution in [0.4, 0.5) is 5.69 Å². The summed E-state index contributed by atoms with van der Waals surface area (Å²) in [5.41, 5.74) is 0.445. The summed E-state index contributed by atoms with van der Waals surface area (Å²) in [6.07, 6.45) is 4.06. The van der Waals surface area contributed by atoms with Gasteiger partial charge in [0.25, 0.3) is 0 Å². The highest BCUT2D eigenvalue weighted by Gasteiger charge is 2.42. The van der Waals surface area contributed by atoms with E-state index in [1.54, 1.807) is 27.0 Å². The lowest BCUT2D eigenvalue weighted by molar-refractivity contribution is -0.125. The minimum Gasteiger partial charge on any atom is -0.352 e. The van der Waals surface area contributed by atoms with E-state index in [0.29, 0.717) is 11.3 Å². The topological polar surface area (TPSA) is 125 Å². The molecule has 3 N–H and O–H groups in total. The highest BCUT2D eigenvalue weighted by molar-refractivity contribution is 7.89. The third-order valence-corrected chi connectivity index (χ3v) is 7.14. The highest BCUT2D eigenvalue weighted by Crippen LogP contribution is 2.41. The van der Waals surface area contributed by atoms with Crippen LogP contribution in [0.25, 0.3) is 0 Å². The van der Waals surface area contributed by atoms with Gasteiger partial charge < -0.3 is 15.5 Å². The maximum absolute atomic E-state index is 12.6. The van der Waals surface area contributed by atoms with Gasteiger partial charge in [0.15, 0.2) is 0 Å². The number of anilines is 1. The summed E-state index contributed by atoms with van der Waals surface area (Å²) in [5.74, 6) is -1.00. The molecular weight excluding hydrogens is 408 g/mol. The average molecular weight is 437 g/mol. The van der Waals surface area contributed by atoms with Crippen LogP contribution >= 0.6 is 0 Å². The molecule has 1 aromatic rings. The van der Waals surface area contributed by atoms with Crippen LogP contribution in [-0.4, -0.2) is 52.3 Å². The monoisotopic (exact) mass is 436 g/mol. The minimum absolute atomic E-state index is 0.0239. The number of fused-ring (bicyclic) bond motifs is 1. The van der Waals surface area contributed by atoms with Crippen LogP contribution in [0.5, 0.6) is 0 Å². The van der Waals surface area contributed by atoms with Gasteiger partial charge in [0.05, 0.1) is 23.4 Å². The molecule has 164 valence electrons. The van der Waals surface area contributed by atoms with Crippen LogP contribution in [0.2, 0.25) is 0 Å². The molecule has 1 heterocycles. The van der Waals surface area contributed by atoms with E-state index >= 15 is 0 Å². The molecule has 0 saturated heterocycles. The normalized spacial score (nSPS) is 18.4. The first-order valence-corrected chi connectivity index (χ1v) is 11.5. The number of sulfonamides is 1. The highest BCUT2D eigenvalue weighted by atomic mass is 32.2. The van der Waals surface area contributed by atoms with Crippen LogP contribution in [-0.2, 0) is 29.8 Å². The lowest BCUT2D eigenvalue weighted by atomic mass is 9.86. The van der Waals surface area contributed by atoms with Crippen molar-refractivity contribution >= 4 is 33.4 Å². The van der Waals surface area contributed by atoms with Crippen molar-refractivity contribution < 1.29 is 22.8 Å². The van der Waals surface area contributed by atoms with Gasteiger partial charge in [-0.2, -0.15) is 0 Å². The van der Waals surface area contributed by atoms with E-state index in [0.717, 1.165) is 25.7 Å². The van der Waals surface area contributed by atoms with Gasteiger partial charge in [-0.15, -0.1) is 0 Å². The van der Waals surface area contributed by atoms with Crippen molar-refractivity contribution in [1.82, 2.24) is 15.4 Å². The predicted octanol–water partition coefficient (Wildman–Crippen LogP) is 0.394. The van der Waals surface area contributed by atoms with E-state index in [1.165, 1.54) is 17.0 Å². The van der Waals surface area contributed by atoms with Crippen molar-refractivity contribution in [2.24, 2.45) is 0 Å². The minimum atomic E-state index is -3.96. The fourth-order valence-electron chi connectivity index (χ4n) is 3.95. The molecule has 30 heavy (non-hydrogen) atoms. The van der Waals surface area contributed by atoms with Gasteiger partial charge in [0.2, 0.25) is 27.7 Å². The number of rotatable bonds is 7. The second-order valence-corrected chi connectivity index (χ2v) is 10.1. The van der Waals surface area contributed by atoms with Gasteiger partial charge in [-0.05, 0) is 50.5 Å². The lowest BCUT2D eigenvalue weighted by Crippen LogP contribution is -2.44. The van der Waals surface area contributed by atoms with Gasteiger partial charge >= 0.3 is 0 Å². The van der Waals surface area contributed by atoms with Gasteiger partial charge in [-0.25, -0.2) is 13.1 Å². The molecule has 1 saturated carbocycles. The van der Waals surface area contributed by atoms with E-state index in [9.17, 15) is 22.8 Å². The van der Waals surface area contributed by atoms with Gasteiger partial charge in [-0.1, -0.05) is 12.8 Å². The van der Waals surface area contributed by atoms with Crippen LogP contribution < -0.4 is 20.3 Å². The molecule has 1 aromatic carbocycles. The molecular formula is C20H28N4O5S. The second kappa shape index (κ2) is 8.35. The van der Waals surface area contributed by atoms with Crippen molar-refractivity contribution in [3.05, 3.63) is 23.8 Å². The summed E-state index contributed by atoms with van der Waals surface area (Å²) < 4.78 is 27.5. The predicted molar refractivity (Wildman–Crippen MR) is 111 cm³/mol. The van der Waals surface area contributed by atoms with Crippen LogP contribution in [0, 0.1) is 0 Å². The van der Waals surface area contributed by atoms with Crippen molar-refractivity contribution in [3.8, 4) is 0 Å². The van der Waals surface area contributed by atoms with Crippen LogP contribution in [0.1, 0.15) is 45.1 Å². The van der Waals surface area contributed by atoms with Crippen molar-refractivity contribution in [2.45, 2.75) is 55.9 Å². The van der Waals surface area contributed by atoms with Crippen molar-refractivity contribution in [2.75, 3.05) is 25.0 Å².